The van der Waals surface area contributed by atoms with Crippen molar-refractivity contribution in [3.05, 3.63) is 48.7 Å². The zero-order chi connectivity index (χ0) is 14.1. The number of fused-ring (bicyclic) bond motifs is 1. The van der Waals surface area contributed by atoms with Crippen molar-refractivity contribution in [2.75, 3.05) is 5.73 Å². The molecular weight excluding hydrogens is 253 g/mol. The monoisotopic (exact) mass is 265 g/mol. The molecule has 0 aliphatic carbocycles. The van der Waals surface area contributed by atoms with Crippen molar-refractivity contribution in [2.45, 2.75) is 0 Å². The van der Waals surface area contributed by atoms with E-state index in [1.807, 2.05) is 24.3 Å². The topological polar surface area (TPSA) is 92.3 Å². The minimum absolute atomic E-state index is 0.446. The Kier molecular flexibility index (Phi) is 3.10. The number of nitrogens with zero attached hydrogens (tertiary/aromatic N) is 2. The van der Waals surface area contributed by atoms with Gasteiger partial charge in [0, 0.05) is 5.39 Å². The number of rotatable bonds is 2. The summed E-state index contributed by atoms with van der Waals surface area (Å²) in [5.74, 6) is 0. The summed E-state index contributed by atoms with van der Waals surface area (Å²) in [5.41, 5.74) is 9.37. The molecule has 0 saturated heterocycles. The maximum Gasteiger partial charge on any atom is 0.488 e. The Morgan fingerprint density at radius 3 is 2.60 bits per heavy atom. The summed E-state index contributed by atoms with van der Waals surface area (Å²) >= 11 is 0. The summed E-state index contributed by atoms with van der Waals surface area (Å²) in [6, 6.07) is 12.7. The van der Waals surface area contributed by atoms with Gasteiger partial charge in [0.2, 0.25) is 0 Å². The number of aromatic nitrogens is 2. The van der Waals surface area contributed by atoms with Gasteiger partial charge in [-0.05, 0) is 28.7 Å². The smallest absolute Gasteiger partial charge is 0.423 e. The minimum atomic E-state index is -1.48. The molecule has 6 heteroatoms. The molecule has 1 heterocycles. The van der Waals surface area contributed by atoms with E-state index in [9.17, 15) is 10.0 Å². The molecule has 4 N–H and O–H groups in total. The van der Waals surface area contributed by atoms with E-state index in [-0.39, 0.29) is 0 Å². The molecule has 0 spiro atoms. The number of anilines is 1. The average Bonchev–Trinajstić information content (AvgIpc) is 2.47. The molecule has 20 heavy (non-hydrogen) atoms. The third kappa shape index (κ3) is 2.22. The Morgan fingerprint density at radius 2 is 1.80 bits per heavy atom. The lowest BCUT2D eigenvalue weighted by Gasteiger charge is -2.06. The summed E-state index contributed by atoms with van der Waals surface area (Å²) in [6.07, 6.45) is 1.52. The van der Waals surface area contributed by atoms with Crippen LogP contribution in [0.15, 0.2) is 48.7 Å². The molecule has 0 unspecified atom stereocenters. The van der Waals surface area contributed by atoms with Crippen LogP contribution in [0.5, 0.6) is 0 Å². The number of nitrogen functional groups attached to an aromatic ring is 1. The van der Waals surface area contributed by atoms with Crippen LogP contribution >= 0.6 is 0 Å². The highest BCUT2D eigenvalue weighted by Gasteiger charge is 2.11. The fourth-order valence-corrected chi connectivity index (χ4v) is 2.14. The minimum Gasteiger partial charge on any atom is -0.423 e. The molecule has 0 radical (unpaired) electrons. The van der Waals surface area contributed by atoms with Crippen molar-refractivity contribution in [3.8, 4) is 11.1 Å². The Balaban J connectivity index is 2.13. The van der Waals surface area contributed by atoms with Gasteiger partial charge in [0.15, 0.2) is 0 Å². The van der Waals surface area contributed by atoms with Crippen LogP contribution < -0.4 is 11.2 Å². The van der Waals surface area contributed by atoms with E-state index in [1.165, 1.54) is 6.20 Å². The predicted octanol–water partition coefficient (Wildman–Crippen LogP) is 0.559. The van der Waals surface area contributed by atoms with E-state index in [2.05, 4.69) is 10.2 Å². The lowest BCUT2D eigenvalue weighted by molar-refractivity contribution is 0.426. The first-order chi connectivity index (χ1) is 9.65. The largest absolute Gasteiger partial charge is 0.488 e. The van der Waals surface area contributed by atoms with Crippen molar-refractivity contribution in [3.63, 3.8) is 0 Å². The summed E-state index contributed by atoms with van der Waals surface area (Å²) < 4.78 is 0. The number of nitrogens with two attached hydrogens (primary N) is 1. The second-order valence-corrected chi connectivity index (χ2v) is 4.53. The van der Waals surface area contributed by atoms with Crippen LogP contribution in [-0.2, 0) is 0 Å². The van der Waals surface area contributed by atoms with Crippen LogP contribution in [0.25, 0.3) is 22.0 Å². The van der Waals surface area contributed by atoms with Gasteiger partial charge in [0.1, 0.15) is 0 Å². The summed E-state index contributed by atoms with van der Waals surface area (Å²) in [6.45, 7) is 0. The Labute approximate surface area is 115 Å². The molecule has 0 fully saturated rings. The second-order valence-electron chi connectivity index (χ2n) is 4.53. The quantitative estimate of drug-likeness (QED) is 0.589. The maximum absolute atomic E-state index is 9.22. The lowest BCUT2D eigenvalue weighted by Crippen LogP contribution is -2.29. The SMILES string of the molecule is Nc1cnnc2cc(-c3cccc(B(O)O)c3)ccc12. The fourth-order valence-electron chi connectivity index (χ4n) is 2.14. The van der Waals surface area contributed by atoms with Crippen LogP contribution in [-0.4, -0.2) is 27.4 Å². The third-order valence-electron chi connectivity index (χ3n) is 3.19. The van der Waals surface area contributed by atoms with Gasteiger partial charge in [-0.25, -0.2) is 0 Å². The number of hydrogen-bond donors (Lipinski definition) is 3. The van der Waals surface area contributed by atoms with Crippen molar-refractivity contribution >= 4 is 29.2 Å². The van der Waals surface area contributed by atoms with Gasteiger partial charge in [0.05, 0.1) is 17.4 Å². The molecule has 98 valence electrons. The number of benzene rings is 2. The van der Waals surface area contributed by atoms with Crippen molar-refractivity contribution in [2.24, 2.45) is 0 Å². The third-order valence-corrected chi connectivity index (χ3v) is 3.19. The van der Waals surface area contributed by atoms with Crippen molar-refractivity contribution < 1.29 is 10.0 Å². The average molecular weight is 265 g/mol. The van der Waals surface area contributed by atoms with E-state index < -0.39 is 7.12 Å². The first kappa shape index (κ1) is 12.6. The van der Waals surface area contributed by atoms with E-state index in [1.54, 1.807) is 18.2 Å². The summed E-state index contributed by atoms with van der Waals surface area (Å²) in [5, 5.41) is 27.2. The highest BCUT2D eigenvalue weighted by molar-refractivity contribution is 6.58. The maximum atomic E-state index is 9.22. The van der Waals surface area contributed by atoms with E-state index in [0.717, 1.165) is 16.5 Å². The molecule has 2 aromatic carbocycles. The van der Waals surface area contributed by atoms with Crippen LogP contribution in [0.1, 0.15) is 0 Å². The van der Waals surface area contributed by atoms with Gasteiger partial charge >= 0.3 is 7.12 Å². The number of hydrogen-bond acceptors (Lipinski definition) is 5. The first-order valence-electron chi connectivity index (χ1n) is 6.12. The van der Waals surface area contributed by atoms with E-state index >= 15 is 0 Å². The second kappa shape index (κ2) is 4.92. The van der Waals surface area contributed by atoms with Gasteiger partial charge in [-0.1, -0.05) is 30.3 Å². The molecule has 0 amide bonds. The Bertz CT molecular complexity index is 777. The Morgan fingerprint density at radius 1 is 1.00 bits per heavy atom. The highest BCUT2D eigenvalue weighted by atomic mass is 16.4. The van der Waals surface area contributed by atoms with Gasteiger partial charge in [-0.2, -0.15) is 10.2 Å². The molecule has 1 aromatic heterocycles. The molecule has 3 aromatic rings. The van der Waals surface area contributed by atoms with Crippen molar-refractivity contribution in [1.82, 2.24) is 10.2 Å². The Hall–Kier alpha value is -2.44. The molecule has 0 bridgehead atoms. The van der Waals surface area contributed by atoms with Crippen LogP contribution in [0.2, 0.25) is 0 Å². The molecular formula is C14H12BN3O2. The van der Waals surface area contributed by atoms with E-state index in [4.69, 9.17) is 5.73 Å². The van der Waals surface area contributed by atoms with Crippen LogP contribution in [0.4, 0.5) is 5.69 Å². The van der Waals surface area contributed by atoms with Crippen LogP contribution in [0, 0.1) is 0 Å². The highest BCUT2D eigenvalue weighted by Crippen LogP contribution is 2.25. The standard InChI is InChI=1S/C14H12BN3O2/c16-13-8-17-18-14-7-10(4-5-12(13)14)9-2-1-3-11(6-9)15(19)20/h1-8,19-20H,(H2,16,18). The zero-order valence-electron chi connectivity index (χ0n) is 10.6. The summed E-state index contributed by atoms with van der Waals surface area (Å²) in [4.78, 5) is 0. The molecule has 3 rings (SSSR count). The first-order valence-corrected chi connectivity index (χ1v) is 6.12. The zero-order valence-corrected chi connectivity index (χ0v) is 10.6. The molecule has 0 atom stereocenters. The summed E-state index contributed by atoms with van der Waals surface area (Å²) in [7, 11) is -1.48. The molecule has 5 nitrogen and oxygen atoms in total. The molecule has 0 aliphatic heterocycles. The van der Waals surface area contributed by atoms with Gasteiger partial charge < -0.3 is 15.8 Å². The van der Waals surface area contributed by atoms with Crippen molar-refractivity contribution in [1.29, 1.82) is 0 Å². The van der Waals surface area contributed by atoms with Gasteiger partial charge in [0.25, 0.3) is 0 Å². The van der Waals surface area contributed by atoms with Crippen LogP contribution in [0.3, 0.4) is 0 Å². The lowest BCUT2D eigenvalue weighted by atomic mass is 9.79. The van der Waals surface area contributed by atoms with Gasteiger partial charge in [-0.15, -0.1) is 0 Å². The predicted molar refractivity (Wildman–Crippen MR) is 79.2 cm³/mol. The fraction of sp³-hybridized carbons (Fsp3) is 0. The molecule has 0 aliphatic rings. The van der Waals surface area contributed by atoms with E-state index in [0.29, 0.717) is 16.7 Å². The molecule has 0 saturated carbocycles. The van der Waals surface area contributed by atoms with Gasteiger partial charge in [-0.3, -0.25) is 0 Å². The normalized spacial score (nSPS) is 10.7.